The van der Waals surface area contributed by atoms with Gasteiger partial charge >= 0.3 is 0 Å². The van der Waals surface area contributed by atoms with Crippen LogP contribution in [0.5, 0.6) is 0 Å². The number of hydrogen-bond acceptors (Lipinski definition) is 3. The molecule has 6 heteroatoms. The van der Waals surface area contributed by atoms with Crippen LogP contribution in [0.3, 0.4) is 0 Å². The van der Waals surface area contributed by atoms with Gasteiger partial charge in [0.05, 0.1) is 4.90 Å². The maximum Gasteiger partial charge on any atom is 0.175 e. The molecule has 0 amide bonds. The third kappa shape index (κ3) is 3.74. The van der Waals surface area contributed by atoms with Gasteiger partial charge in [-0.3, -0.25) is 0 Å². The predicted octanol–water partition coefficient (Wildman–Crippen LogP) is 3.80. The fraction of sp³-hybridized carbons (Fsp3) is 0.200. The van der Waals surface area contributed by atoms with E-state index in [9.17, 15) is 12.8 Å². The number of aryl methyl sites for hydroxylation is 1. The van der Waals surface area contributed by atoms with Crippen LogP contribution < -0.4 is 5.32 Å². The van der Waals surface area contributed by atoms with E-state index in [2.05, 4.69) is 5.32 Å². The Kier molecular flexibility index (Phi) is 4.54. The van der Waals surface area contributed by atoms with Gasteiger partial charge in [0, 0.05) is 29.1 Å². The highest BCUT2D eigenvalue weighted by Crippen LogP contribution is 2.24. The molecule has 0 spiro atoms. The van der Waals surface area contributed by atoms with Crippen LogP contribution in [0.15, 0.2) is 41.3 Å². The standard InChI is InChI=1S/C15H15ClFNO2S/c1-10-6-7-11(21(2,19)20)8-15(10)18-9-12-13(16)4-3-5-14(12)17/h3-8,18H,9H2,1-2H3. The summed E-state index contributed by atoms with van der Waals surface area (Å²) >= 11 is 5.96. The third-order valence-electron chi connectivity index (χ3n) is 3.15. The van der Waals surface area contributed by atoms with Gasteiger partial charge < -0.3 is 5.32 Å². The first-order chi connectivity index (χ1) is 9.79. The summed E-state index contributed by atoms with van der Waals surface area (Å²) in [6, 6.07) is 9.29. The second-order valence-electron chi connectivity index (χ2n) is 4.80. The number of sulfone groups is 1. The Labute approximate surface area is 128 Å². The maximum absolute atomic E-state index is 13.7. The van der Waals surface area contributed by atoms with E-state index >= 15 is 0 Å². The Bertz CT molecular complexity index is 755. The molecule has 0 heterocycles. The van der Waals surface area contributed by atoms with Gasteiger partial charge in [-0.1, -0.05) is 23.7 Å². The molecule has 1 N–H and O–H groups in total. The molecule has 0 aliphatic heterocycles. The molecule has 0 atom stereocenters. The fourth-order valence-electron chi connectivity index (χ4n) is 1.91. The highest BCUT2D eigenvalue weighted by atomic mass is 35.5. The highest BCUT2D eigenvalue weighted by Gasteiger charge is 2.11. The zero-order chi connectivity index (χ0) is 15.6. The van der Waals surface area contributed by atoms with E-state index in [0.29, 0.717) is 16.3 Å². The van der Waals surface area contributed by atoms with E-state index in [0.717, 1.165) is 11.8 Å². The zero-order valence-electron chi connectivity index (χ0n) is 11.7. The van der Waals surface area contributed by atoms with E-state index in [1.165, 1.54) is 12.1 Å². The van der Waals surface area contributed by atoms with Crippen molar-refractivity contribution in [2.45, 2.75) is 18.4 Å². The van der Waals surface area contributed by atoms with Gasteiger partial charge in [0.15, 0.2) is 9.84 Å². The number of rotatable bonds is 4. The lowest BCUT2D eigenvalue weighted by Gasteiger charge is -2.12. The molecule has 0 radical (unpaired) electrons. The van der Waals surface area contributed by atoms with Crippen molar-refractivity contribution in [2.24, 2.45) is 0 Å². The van der Waals surface area contributed by atoms with Gasteiger partial charge in [-0.25, -0.2) is 12.8 Å². The number of hydrogen-bond donors (Lipinski definition) is 1. The Morgan fingerprint density at radius 3 is 2.57 bits per heavy atom. The summed E-state index contributed by atoms with van der Waals surface area (Å²) in [5.41, 5.74) is 1.86. The Morgan fingerprint density at radius 1 is 1.24 bits per heavy atom. The smallest absolute Gasteiger partial charge is 0.175 e. The van der Waals surface area contributed by atoms with Crippen LogP contribution in [0.25, 0.3) is 0 Å². The van der Waals surface area contributed by atoms with Gasteiger partial charge in [-0.15, -0.1) is 0 Å². The fourth-order valence-corrected chi connectivity index (χ4v) is 2.78. The average Bonchev–Trinajstić information content (AvgIpc) is 2.38. The van der Waals surface area contributed by atoms with E-state index < -0.39 is 15.7 Å². The topological polar surface area (TPSA) is 46.2 Å². The monoisotopic (exact) mass is 327 g/mol. The van der Waals surface area contributed by atoms with Crippen LogP contribution >= 0.6 is 11.6 Å². The van der Waals surface area contributed by atoms with Crippen LogP contribution in [0.2, 0.25) is 5.02 Å². The molecule has 2 rings (SSSR count). The van der Waals surface area contributed by atoms with Gasteiger partial charge in [0.25, 0.3) is 0 Å². The van der Waals surface area contributed by atoms with E-state index in [1.54, 1.807) is 24.3 Å². The maximum atomic E-state index is 13.7. The summed E-state index contributed by atoms with van der Waals surface area (Å²) in [6.07, 6.45) is 1.15. The SMILES string of the molecule is Cc1ccc(S(C)(=O)=O)cc1NCc1c(F)cccc1Cl. The van der Waals surface area contributed by atoms with Crippen LogP contribution in [0, 0.1) is 12.7 Å². The third-order valence-corrected chi connectivity index (χ3v) is 4.62. The first-order valence-electron chi connectivity index (χ1n) is 6.26. The summed E-state index contributed by atoms with van der Waals surface area (Å²) in [7, 11) is -3.28. The lowest BCUT2D eigenvalue weighted by molar-refractivity contribution is 0.601. The Balaban J connectivity index is 2.28. The van der Waals surface area contributed by atoms with Crippen molar-refractivity contribution in [1.82, 2.24) is 0 Å². The minimum Gasteiger partial charge on any atom is -0.381 e. The second kappa shape index (κ2) is 6.03. The largest absolute Gasteiger partial charge is 0.381 e. The van der Waals surface area contributed by atoms with Gasteiger partial charge in [-0.05, 0) is 36.8 Å². The molecule has 0 bridgehead atoms. The number of nitrogens with one attached hydrogen (secondary N) is 1. The zero-order valence-corrected chi connectivity index (χ0v) is 13.2. The van der Waals surface area contributed by atoms with Crippen molar-refractivity contribution in [3.8, 4) is 0 Å². The number of benzene rings is 2. The van der Waals surface area contributed by atoms with Crippen molar-refractivity contribution in [3.05, 3.63) is 58.4 Å². The summed E-state index contributed by atoms with van der Waals surface area (Å²) in [5, 5.41) is 3.37. The molecule has 0 saturated carbocycles. The first-order valence-corrected chi connectivity index (χ1v) is 8.53. The summed E-state index contributed by atoms with van der Waals surface area (Å²) in [6.45, 7) is 2.02. The summed E-state index contributed by atoms with van der Waals surface area (Å²) < 4.78 is 36.8. The lowest BCUT2D eigenvalue weighted by atomic mass is 10.1. The van der Waals surface area contributed by atoms with E-state index in [1.807, 2.05) is 6.92 Å². The van der Waals surface area contributed by atoms with Crippen LogP contribution in [0.4, 0.5) is 10.1 Å². The highest BCUT2D eigenvalue weighted by molar-refractivity contribution is 7.90. The second-order valence-corrected chi connectivity index (χ2v) is 7.23. The molecule has 21 heavy (non-hydrogen) atoms. The molecule has 0 fully saturated rings. The van der Waals surface area contributed by atoms with Crippen molar-refractivity contribution in [1.29, 1.82) is 0 Å². The minimum absolute atomic E-state index is 0.180. The van der Waals surface area contributed by atoms with E-state index in [4.69, 9.17) is 11.6 Å². The molecular weight excluding hydrogens is 313 g/mol. The predicted molar refractivity (Wildman–Crippen MR) is 83.0 cm³/mol. The van der Waals surface area contributed by atoms with Gasteiger partial charge in [-0.2, -0.15) is 0 Å². The van der Waals surface area contributed by atoms with Gasteiger partial charge in [0.2, 0.25) is 0 Å². The quantitative estimate of drug-likeness (QED) is 0.929. The molecule has 112 valence electrons. The molecule has 3 nitrogen and oxygen atoms in total. The van der Waals surface area contributed by atoms with Crippen molar-refractivity contribution >= 4 is 27.1 Å². The first kappa shape index (κ1) is 15.8. The number of anilines is 1. The molecule has 2 aromatic carbocycles. The van der Waals surface area contributed by atoms with Crippen LogP contribution in [0.1, 0.15) is 11.1 Å². The average molecular weight is 328 g/mol. The van der Waals surface area contributed by atoms with E-state index in [-0.39, 0.29) is 11.4 Å². The number of halogens is 2. The summed E-state index contributed by atoms with van der Waals surface area (Å²) in [5.74, 6) is -0.396. The van der Waals surface area contributed by atoms with Gasteiger partial charge in [0.1, 0.15) is 5.82 Å². The van der Waals surface area contributed by atoms with Crippen molar-refractivity contribution in [2.75, 3.05) is 11.6 Å². The van der Waals surface area contributed by atoms with Crippen LogP contribution in [-0.2, 0) is 16.4 Å². The van der Waals surface area contributed by atoms with Crippen LogP contribution in [-0.4, -0.2) is 14.7 Å². The molecule has 0 aliphatic carbocycles. The normalized spacial score (nSPS) is 11.4. The lowest BCUT2D eigenvalue weighted by Crippen LogP contribution is -2.05. The van der Waals surface area contributed by atoms with Crippen molar-refractivity contribution < 1.29 is 12.8 Å². The Hall–Kier alpha value is -1.59. The molecule has 0 aromatic heterocycles. The molecular formula is C15H15ClFNO2S. The Morgan fingerprint density at radius 2 is 1.95 bits per heavy atom. The van der Waals surface area contributed by atoms with Crippen molar-refractivity contribution in [3.63, 3.8) is 0 Å². The minimum atomic E-state index is -3.28. The molecule has 0 saturated heterocycles. The molecule has 0 aliphatic rings. The summed E-state index contributed by atoms with van der Waals surface area (Å²) in [4.78, 5) is 0.218. The molecule has 0 unspecified atom stereocenters. The molecule has 2 aromatic rings.